The van der Waals surface area contributed by atoms with Gasteiger partial charge in [0.2, 0.25) is 23.6 Å². The number of ketones is 1. The number of anilines is 1. The Balaban J connectivity index is 0.00000245. The summed E-state index contributed by atoms with van der Waals surface area (Å²) in [7, 11) is 0. The van der Waals surface area contributed by atoms with Gasteiger partial charge in [0.1, 0.15) is 24.4 Å². The zero-order chi connectivity index (χ0) is 60.9. The van der Waals surface area contributed by atoms with Crippen molar-refractivity contribution < 1.29 is 67.1 Å². The molecule has 5 amide bonds. The van der Waals surface area contributed by atoms with Crippen LogP contribution in [0.1, 0.15) is 119 Å². The Morgan fingerprint density at radius 2 is 1.63 bits per heavy atom. The summed E-state index contributed by atoms with van der Waals surface area (Å²) in [5.41, 5.74) is 18.2. The van der Waals surface area contributed by atoms with Gasteiger partial charge in [-0.2, -0.15) is 0 Å². The van der Waals surface area contributed by atoms with E-state index >= 15 is 0 Å². The second-order valence-corrected chi connectivity index (χ2v) is 24.3. The van der Waals surface area contributed by atoms with Gasteiger partial charge in [-0.3, -0.25) is 38.5 Å². The highest BCUT2D eigenvalue weighted by Crippen LogP contribution is 2.42. The molecular formula is C62H82FN7O13S. The molecule has 2 fully saturated rings. The quantitative estimate of drug-likeness (QED) is 0.0364. The SMILES string of the molecule is CC(=O)O.Cc1ncsc1-c1ccc(CNC(=O)[C@@H]2C[C@@H](O)CN2C(=O)[C@@H](NC(=O)C2(F)CC2)C(C)(C)C)c(OCCOCCOCCCc2ccc(CO[C@H](C)[C@H](CCC(N)=O)CC(=O)[C@@H]3Cc4cccc5c4N3C(=O)[C@@H](N)CC5)cc2)c1. The maximum absolute atomic E-state index is 14.7. The average Bonchev–Trinajstić information content (AvgIpc) is 2.99. The number of nitrogens with two attached hydrogens (primary N) is 2. The molecule has 456 valence electrons. The standard InChI is InChI=1S/C60H78FN7O11S.C2H4O2/c1-36-53(80-35-65-36)43-15-16-44(32-64-55(72)48-31-45(69)33-67(48)57(74)54(59(3,4)5)66-58(75)60(61)21-22-60)50(30-43)78-27-26-77-25-24-76-23-7-8-38-11-13-39(14-12-38)34-79-37(2)41(18-20-51(63)71)29-49(70)47-28-42-10-6-9-40-17-19-46(62)56(73)68(47)52(40)42;1-2(3)4/h6,9-16,30,35,37,41,45-48,54,69H,7-8,17-29,31-34,62H2,1-5H3,(H2,63,71)(H,64,72)(H,66,75);1H3,(H,3,4)/t37-,41-,45-,46+,47+,48+,54-;/m1./s1. The van der Waals surface area contributed by atoms with E-state index < -0.39 is 71.0 Å². The van der Waals surface area contributed by atoms with E-state index in [1.165, 1.54) is 16.2 Å². The van der Waals surface area contributed by atoms with Gasteiger partial charge in [0.15, 0.2) is 11.5 Å². The van der Waals surface area contributed by atoms with E-state index in [4.69, 9.17) is 40.3 Å². The lowest BCUT2D eigenvalue weighted by molar-refractivity contribution is -0.145. The number of aliphatic hydroxyl groups is 1. The molecule has 8 rings (SSSR count). The zero-order valence-electron chi connectivity index (χ0n) is 49.0. The summed E-state index contributed by atoms with van der Waals surface area (Å²) in [5, 5.41) is 23.6. The van der Waals surface area contributed by atoms with E-state index in [1.54, 1.807) is 31.2 Å². The van der Waals surface area contributed by atoms with Crippen molar-refractivity contribution in [3.8, 4) is 16.2 Å². The highest BCUT2D eigenvalue weighted by Gasteiger charge is 2.53. The number of aryl methyl sites for hydroxylation is 3. The van der Waals surface area contributed by atoms with Crippen molar-refractivity contribution in [3.63, 3.8) is 0 Å². The molecule has 22 heteroatoms. The lowest BCUT2D eigenvalue weighted by Gasteiger charge is -2.35. The number of carboxylic acids is 1. The molecule has 4 aliphatic rings. The lowest BCUT2D eigenvalue weighted by atomic mass is 9.85. The Hall–Kier alpha value is -6.69. The molecule has 0 bridgehead atoms. The number of ether oxygens (including phenoxy) is 4. The number of Topliss-reactive ketones (excluding diaryl/α,β-unsaturated/α-hetero) is 1. The number of β-amino-alcohol motifs (C(OH)–C–C–N with tert-alkyl or cyclic N) is 1. The maximum Gasteiger partial charge on any atom is 0.300 e. The number of carbonyl (C=O) groups excluding carboxylic acids is 6. The first-order valence-corrected chi connectivity index (χ1v) is 29.8. The largest absolute Gasteiger partial charge is 0.491 e. The highest BCUT2D eigenvalue weighted by atomic mass is 32.1. The second-order valence-electron chi connectivity index (χ2n) is 23.4. The molecule has 0 spiro atoms. The first kappa shape index (κ1) is 64.9. The van der Waals surface area contributed by atoms with Gasteiger partial charge >= 0.3 is 0 Å². The minimum absolute atomic E-state index is 0.00732. The van der Waals surface area contributed by atoms with E-state index in [2.05, 4.69) is 27.8 Å². The fourth-order valence-electron chi connectivity index (χ4n) is 10.8. The number of aliphatic hydroxyl groups excluding tert-OH is 1. The number of aliphatic carboxylic acids is 1. The number of alkyl halides is 1. The van der Waals surface area contributed by atoms with Crippen molar-refractivity contribution in [3.05, 3.63) is 99.7 Å². The Labute approximate surface area is 494 Å². The summed E-state index contributed by atoms with van der Waals surface area (Å²) in [4.78, 5) is 97.1. The number of carbonyl (C=O) groups is 7. The highest BCUT2D eigenvalue weighted by molar-refractivity contribution is 7.13. The summed E-state index contributed by atoms with van der Waals surface area (Å²) in [6, 6.07) is 16.4. The van der Waals surface area contributed by atoms with Gasteiger partial charge in [-0.1, -0.05) is 75.4 Å². The molecule has 1 saturated carbocycles. The molecule has 7 atom stereocenters. The van der Waals surface area contributed by atoms with Crippen LogP contribution >= 0.6 is 11.3 Å². The predicted molar refractivity (Wildman–Crippen MR) is 313 cm³/mol. The molecule has 0 radical (unpaired) electrons. The Morgan fingerprint density at radius 3 is 2.30 bits per heavy atom. The summed E-state index contributed by atoms with van der Waals surface area (Å²) < 4.78 is 39.0. The molecule has 1 saturated heterocycles. The lowest BCUT2D eigenvalue weighted by Crippen LogP contribution is -2.59. The third-order valence-electron chi connectivity index (χ3n) is 15.7. The molecule has 0 unspecified atom stereocenters. The molecular weight excluding hydrogens is 1100 g/mol. The number of nitrogens with one attached hydrogen (secondary N) is 2. The maximum atomic E-state index is 14.7. The molecule has 3 aromatic carbocycles. The number of aromatic nitrogens is 1. The molecule has 20 nitrogen and oxygen atoms in total. The fourth-order valence-corrected chi connectivity index (χ4v) is 11.6. The van der Waals surface area contributed by atoms with Crippen molar-refractivity contribution in [1.82, 2.24) is 20.5 Å². The van der Waals surface area contributed by atoms with Crippen LogP contribution in [0.5, 0.6) is 5.75 Å². The third-order valence-corrected chi connectivity index (χ3v) is 16.7. The smallest absolute Gasteiger partial charge is 0.300 e. The molecule has 4 aromatic rings. The number of amides is 5. The number of nitrogens with zero attached hydrogens (tertiary/aromatic N) is 3. The topological polar surface area (TPSA) is 292 Å². The van der Waals surface area contributed by atoms with Crippen LogP contribution in [0.15, 0.2) is 66.2 Å². The van der Waals surface area contributed by atoms with Crippen LogP contribution in [0.2, 0.25) is 0 Å². The number of primary amides is 1. The van der Waals surface area contributed by atoms with Crippen LogP contribution in [0.3, 0.4) is 0 Å². The van der Waals surface area contributed by atoms with Gasteiger partial charge in [-0.05, 0) is 104 Å². The number of rotatable bonds is 28. The van der Waals surface area contributed by atoms with E-state index in [9.17, 15) is 38.3 Å². The molecule has 8 N–H and O–H groups in total. The van der Waals surface area contributed by atoms with Gasteiger partial charge in [0.25, 0.3) is 11.9 Å². The molecule has 1 aliphatic carbocycles. The summed E-state index contributed by atoms with van der Waals surface area (Å²) in [6.07, 6.45) is 2.76. The number of halogens is 1. The van der Waals surface area contributed by atoms with Crippen molar-refractivity contribution in [2.24, 2.45) is 22.8 Å². The number of thiazole rings is 1. The minimum Gasteiger partial charge on any atom is -0.491 e. The van der Waals surface area contributed by atoms with E-state index in [1.807, 2.05) is 62.4 Å². The predicted octanol–water partition coefficient (Wildman–Crippen LogP) is 5.84. The Kier molecular flexibility index (Phi) is 22.7. The average molecular weight is 1180 g/mol. The first-order valence-electron chi connectivity index (χ1n) is 28.9. The molecule has 3 aliphatic heterocycles. The normalized spacial score (nSPS) is 19.7. The second kappa shape index (κ2) is 29.4. The minimum atomic E-state index is -1.98. The van der Waals surface area contributed by atoms with Gasteiger partial charge in [-0.25, -0.2) is 9.37 Å². The van der Waals surface area contributed by atoms with Crippen LogP contribution in [-0.4, -0.2) is 143 Å². The fraction of sp³-hybridized carbons (Fsp3) is 0.548. The van der Waals surface area contributed by atoms with Crippen molar-refractivity contribution in [2.45, 2.75) is 167 Å². The zero-order valence-corrected chi connectivity index (χ0v) is 49.8. The summed E-state index contributed by atoms with van der Waals surface area (Å²) in [5.74, 6) is -3.22. The Morgan fingerprint density at radius 1 is 0.952 bits per heavy atom. The summed E-state index contributed by atoms with van der Waals surface area (Å²) >= 11 is 1.50. The number of para-hydroxylation sites is 1. The van der Waals surface area contributed by atoms with Crippen LogP contribution in [0.4, 0.5) is 10.1 Å². The van der Waals surface area contributed by atoms with E-state index in [0.29, 0.717) is 63.4 Å². The summed E-state index contributed by atoms with van der Waals surface area (Å²) in [6.45, 7) is 12.3. The van der Waals surface area contributed by atoms with Gasteiger partial charge in [0.05, 0.1) is 72.5 Å². The molecule has 4 heterocycles. The monoisotopic (exact) mass is 1180 g/mol. The number of benzene rings is 3. The number of hydrogen-bond acceptors (Lipinski definition) is 15. The van der Waals surface area contributed by atoms with Gasteiger partial charge < -0.3 is 56.2 Å². The van der Waals surface area contributed by atoms with Crippen molar-refractivity contribution in [1.29, 1.82) is 0 Å². The third kappa shape index (κ3) is 17.5. The molecule has 84 heavy (non-hydrogen) atoms. The van der Waals surface area contributed by atoms with Crippen LogP contribution in [-0.2, 0) is 80.2 Å². The van der Waals surface area contributed by atoms with Crippen LogP contribution < -0.4 is 31.7 Å². The number of carboxylic acid groups (broad SMARTS) is 1. The number of likely N-dealkylation sites (tertiary alicyclic amines) is 1. The van der Waals surface area contributed by atoms with Crippen molar-refractivity contribution in [2.75, 3.05) is 44.5 Å². The first-order chi connectivity index (χ1) is 39.9. The van der Waals surface area contributed by atoms with E-state index in [0.717, 1.165) is 63.8 Å². The van der Waals surface area contributed by atoms with Crippen molar-refractivity contribution >= 4 is 58.3 Å². The Bertz CT molecular complexity index is 2960. The van der Waals surface area contributed by atoms with Crippen LogP contribution in [0.25, 0.3) is 10.4 Å². The molecule has 1 aromatic heterocycles. The number of hydrogen-bond donors (Lipinski definition) is 6. The van der Waals surface area contributed by atoms with Gasteiger partial charge in [-0.15, -0.1) is 11.3 Å². The van der Waals surface area contributed by atoms with Crippen LogP contribution in [0, 0.1) is 18.3 Å². The van der Waals surface area contributed by atoms with Gasteiger partial charge in [0, 0.05) is 57.9 Å². The van der Waals surface area contributed by atoms with E-state index in [-0.39, 0.29) is 82.1 Å².